The predicted octanol–water partition coefficient (Wildman–Crippen LogP) is 0.0158. The number of hydrogen-bond acceptors (Lipinski definition) is 24. The molecule has 1 aromatic carbocycles. The smallest absolute Gasteiger partial charge is 0.303 e. The van der Waals surface area contributed by atoms with Crippen molar-refractivity contribution in [3.05, 3.63) is 35.9 Å². The third-order valence-corrected chi connectivity index (χ3v) is 10.1. The van der Waals surface area contributed by atoms with Crippen molar-refractivity contribution in [3.8, 4) is 0 Å². The van der Waals surface area contributed by atoms with Crippen molar-refractivity contribution < 1.29 is 114 Å². The van der Waals surface area contributed by atoms with Gasteiger partial charge in [0.1, 0.15) is 49.8 Å². The maximum atomic E-state index is 13.0. The number of rotatable bonds is 20. The summed E-state index contributed by atoms with van der Waals surface area (Å²) in [5.74, 6) is -7.86. The molecule has 0 spiro atoms. The van der Waals surface area contributed by atoms with Gasteiger partial charge in [-0.1, -0.05) is 30.3 Å². The zero-order valence-electron chi connectivity index (χ0n) is 39.7. The van der Waals surface area contributed by atoms with Gasteiger partial charge in [-0.25, -0.2) is 0 Å². The highest BCUT2D eigenvalue weighted by molar-refractivity contribution is 5.73. The minimum atomic E-state index is -1.91. The van der Waals surface area contributed by atoms with E-state index in [0.717, 1.165) is 67.9 Å². The number of carbonyl (C=O) groups is 9. The van der Waals surface area contributed by atoms with Crippen LogP contribution in [0.25, 0.3) is 0 Å². The lowest BCUT2D eigenvalue weighted by Crippen LogP contribution is -2.70. The molecule has 1 amide bonds. The van der Waals surface area contributed by atoms with Gasteiger partial charge in [-0.3, -0.25) is 43.2 Å². The lowest BCUT2D eigenvalue weighted by Gasteiger charge is -2.51. The first-order valence-corrected chi connectivity index (χ1v) is 21.6. The molecule has 3 heterocycles. The molecule has 0 bridgehead atoms. The van der Waals surface area contributed by atoms with Crippen LogP contribution in [0.4, 0.5) is 0 Å². The van der Waals surface area contributed by atoms with E-state index in [9.17, 15) is 43.2 Å². The number of benzene rings is 1. The molecule has 0 radical (unpaired) electrons. The highest BCUT2D eigenvalue weighted by Gasteiger charge is 2.59. The highest BCUT2D eigenvalue weighted by atomic mass is 16.8. The van der Waals surface area contributed by atoms with Crippen LogP contribution in [0, 0.1) is 0 Å². The van der Waals surface area contributed by atoms with Crippen molar-refractivity contribution in [1.82, 2.24) is 5.32 Å². The average molecular weight is 986 g/mol. The predicted molar refractivity (Wildman–Crippen MR) is 223 cm³/mol. The van der Waals surface area contributed by atoms with Gasteiger partial charge in [0.25, 0.3) is 0 Å². The molecular formula is C44H59NO24. The van der Waals surface area contributed by atoms with Crippen molar-refractivity contribution in [1.29, 1.82) is 0 Å². The molecule has 1 N–H and O–H groups in total. The number of esters is 8. The molecule has 0 aliphatic carbocycles. The molecule has 25 nitrogen and oxygen atoms in total. The molecule has 3 aliphatic rings. The molecule has 0 unspecified atom stereocenters. The molecule has 15 atom stereocenters. The normalized spacial score (nSPS) is 30.8. The number of methoxy groups -OCH3 is 1. The van der Waals surface area contributed by atoms with Crippen LogP contribution in [0.1, 0.15) is 67.9 Å². The van der Waals surface area contributed by atoms with Gasteiger partial charge in [0.15, 0.2) is 55.5 Å². The standard InChI is InChI=1S/C44H59NO24/c1-20(46)45-33-37(69-44-41(64-28(9)54)39(62-26(7)52)36(60-24(5)50)32(67-44)19-58-22(3)48)34(30(65-42(33)55-10)17-56-16-29-14-12-11-13-15-29)68-43-40(63-27(8)53)38(61-25(6)51)35(59-23(4)49)31(66-43)18-57-21(2)47/h11-15,30-44H,16-19H2,1-10H3,(H,45,46)/t30-,31-,32-,33-,34-,35-,36+,37-,38+,39+,40-,41-,42-,43+,44+/m1/s1. The van der Waals surface area contributed by atoms with Gasteiger partial charge < -0.3 is 76.4 Å². The van der Waals surface area contributed by atoms with E-state index >= 15 is 0 Å². The van der Waals surface area contributed by atoms with E-state index in [1.807, 2.05) is 0 Å². The van der Waals surface area contributed by atoms with Crippen LogP contribution in [-0.4, -0.2) is 173 Å². The Labute approximate surface area is 396 Å². The van der Waals surface area contributed by atoms with Gasteiger partial charge in [0, 0.05) is 69.4 Å². The van der Waals surface area contributed by atoms with E-state index in [0.29, 0.717) is 0 Å². The molecule has 3 fully saturated rings. The number of ether oxygens (including phenoxy) is 15. The van der Waals surface area contributed by atoms with Crippen molar-refractivity contribution in [3.63, 3.8) is 0 Å². The lowest BCUT2D eigenvalue weighted by molar-refractivity contribution is -0.374. The quantitative estimate of drug-likeness (QED) is 0.133. The Morgan fingerprint density at radius 3 is 1.22 bits per heavy atom. The molecule has 4 rings (SSSR count). The third-order valence-electron chi connectivity index (χ3n) is 10.1. The Hall–Kier alpha value is -5.83. The summed E-state index contributed by atoms with van der Waals surface area (Å²) in [5, 5.41) is 2.69. The van der Waals surface area contributed by atoms with E-state index in [4.69, 9.17) is 71.1 Å². The van der Waals surface area contributed by atoms with E-state index in [1.54, 1.807) is 30.3 Å². The molecule has 3 saturated heterocycles. The first-order chi connectivity index (χ1) is 32.6. The van der Waals surface area contributed by atoms with Crippen molar-refractivity contribution in [2.24, 2.45) is 0 Å². The van der Waals surface area contributed by atoms with Crippen LogP contribution in [0.2, 0.25) is 0 Å². The van der Waals surface area contributed by atoms with Gasteiger partial charge in [-0.2, -0.15) is 0 Å². The molecule has 1 aromatic rings. The topological polar surface area (TPSA) is 304 Å². The van der Waals surface area contributed by atoms with Crippen LogP contribution in [0.15, 0.2) is 30.3 Å². The zero-order chi connectivity index (χ0) is 51.1. The maximum absolute atomic E-state index is 13.0. The van der Waals surface area contributed by atoms with E-state index < -0.39 is 159 Å². The van der Waals surface area contributed by atoms with E-state index in [2.05, 4.69) is 5.32 Å². The molecule has 0 saturated carbocycles. The summed E-state index contributed by atoms with van der Waals surface area (Å²) in [4.78, 5) is 113. The lowest BCUT2D eigenvalue weighted by atomic mass is 9.94. The summed E-state index contributed by atoms with van der Waals surface area (Å²) < 4.78 is 88.3. The Morgan fingerprint density at radius 1 is 0.449 bits per heavy atom. The minimum absolute atomic E-state index is 0.00443. The fraction of sp³-hybridized carbons (Fsp3) is 0.659. The van der Waals surface area contributed by atoms with Crippen LogP contribution in [-0.2, 0) is 121 Å². The molecule has 25 heteroatoms. The molecule has 3 aliphatic heterocycles. The summed E-state index contributed by atoms with van der Waals surface area (Å²) in [5.41, 5.74) is 0.732. The first-order valence-electron chi connectivity index (χ1n) is 21.6. The van der Waals surface area contributed by atoms with Crippen molar-refractivity contribution >= 4 is 53.7 Å². The Bertz CT molecular complexity index is 1960. The molecular weight excluding hydrogens is 926 g/mol. The zero-order valence-corrected chi connectivity index (χ0v) is 39.7. The maximum Gasteiger partial charge on any atom is 0.303 e. The summed E-state index contributed by atoms with van der Waals surface area (Å²) in [6, 6.07) is 7.49. The third kappa shape index (κ3) is 16.7. The summed E-state index contributed by atoms with van der Waals surface area (Å²) in [7, 11) is 1.24. The van der Waals surface area contributed by atoms with Gasteiger partial charge in [0.05, 0.1) is 13.2 Å². The van der Waals surface area contributed by atoms with Gasteiger partial charge in [-0.15, -0.1) is 0 Å². The Balaban J connectivity index is 1.97. The largest absolute Gasteiger partial charge is 0.463 e. The van der Waals surface area contributed by atoms with E-state index in [1.165, 1.54) is 7.11 Å². The Morgan fingerprint density at radius 2 is 0.826 bits per heavy atom. The monoisotopic (exact) mass is 985 g/mol. The number of nitrogens with one attached hydrogen (secondary N) is 1. The van der Waals surface area contributed by atoms with Gasteiger partial charge in [0.2, 0.25) is 5.91 Å². The second kappa shape index (κ2) is 26.2. The fourth-order valence-corrected chi connectivity index (χ4v) is 7.73. The molecule has 0 aromatic heterocycles. The summed E-state index contributed by atoms with van der Waals surface area (Å²) in [6.45, 7) is 7.86. The average Bonchev–Trinajstić information content (AvgIpc) is 3.24. The Kier molecular flexibility index (Phi) is 21.2. The fourth-order valence-electron chi connectivity index (χ4n) is 7.73. The number of carbonyl (C=O) groups excluding carboxylic acids is 9. The van der Waals surface area contributed by atoms with Gasteiger partial charge in [-0.05, 0) is 5.56 Å². The molecule has 69 heavy (non-hydrogen) atoms. The van der Waals surface area contributed by atoms with Gasteiger partial charge >= 0.3 is 47.8 Å². The second-order valence-electron chi connectivity index (χ2n) is 15.8. The first kappa shape index (κ1) is 55.8. The molecule has 384 valence electrons. The SMILES string of the molecule is CO[C@@H]1O[C@H](COCc2ccccc2)[C@@H](O[C@@H]2O[C@H](COC(C)=O)[C@@H](OC(C)=O)[C@H](OC(C)=O)[C@H]2OC(C)=O)[C@H](O[C@@H]2O[C@H](COC(C)=O)[C@H](OC(C)=O)[C@H](OC(C)=O)[C@H]2OC(C)=O)[C@H]1NC(C)=O. The summed E-state index contributed by atoms with van der Waals surface area (Å²) in [6.07, 6.45) is -23.1. The van der Waals surface area contributed by atoms with Crippen LogP contribution in [0.5, 0.6) is 0 Å². The van der Waals surface area contributed by atoms with Crippen molar-refractivity contribution in [2.45, 2.75) is 161 Å². The highest BCUT2D eigenvalue weighted by Crippen LogP contribution is 2.38. The van der Waals surface area contributed by atoms with Crippen LogP contribution in [0.3, 0.4) is 0 Å². The number of hydrogen-bond donors (Lipinski definition) is 1. The minimum Gasteiger partial charge on any atom is -0.463 e. The van der Waals surface area contributed by atoms with Crippen molar-refractivity contribution in [2.75, 3.05) is 26.9 Å². The summed E-state index contributed by atoms with van der Waals surface area (Å²) >= 11 is 0. The number of amides is 1. The van der Waals surface area contributed by atoms with Crippen LogP contribution < -0.4 is 5.32 Å². The van der Waals surface area contributed by atoms with E-state index in [-0.39, 0.29) is 13.2 Å². The second-order valence-corrected chi connectivity index (χ2v) is 15.8. The van der Waals surface area contributed by atoms with Crippen LogP contribution >= 0.6 is 0 Å².